The zero-order valence-electron chi connectivity index (χ0n) is 3.22. The molecule has 39 valence electrons. The molecule has 0 bridgehead atoms. The van der Waals surface area contributed by atoms with Crippen molar-refractivity contribution in [3.05, 3.63) is 11.6 Å². The van der Waals surface area contributed by atoms with E-state index in [4.69, 9.17) is 0 Å². The minimum atomic E-state index is -1.98. The van der Waals surface area contributed by atoms with E-state index in [0.29, 0.717) is 0 Å². The Balaban J connectivity index is -0.0000000800. The van der Waals surface area contributed by atoms with Crippen molar-refractivity contribution in [3.8, 4) is 0 Å². The first-order valence-corrected chi connectivity index (χ1v) is 1.19. The summed E-state index contributed by atoms with van der Waals surface area (Å²) in [4.78, 5) is 0. The third-order valence-electron chi connectivity index (χ3n) is 0.0714. The van der Waals surface area contributed by atoms with Crippen LogP contribution < -0.4 is 12.4 Å². The summed E-state index contributed by atoms with van der Waals surface area (Å²) in [6, 6.07) is 0. The van der Waals surface area contributed by atoms with Crippen molar-refractivity contribution >= 4 is 11.6 Å². The van der Waals surface area contributed by atoms with E-state index in [0.717, 1.165) is 5.54 Å². The van der Waals surface area contributed by atoms with Gasteiger partial charge in [0.05, 0.1) is 0 Å². The third kappa shape index (κ3) is 20.0. The molecule has 0 saturated carbocycles. The number of hydrogen-bond donors (Lipinski definition) is 0. The van der Waals surface area contributed by atoms with E-state index in [-0.39, 0.29) is 31.9 Å². The summed E-state index contributed by atoms with van der Waals surface area (Å²) in [5, 5.41) is 0. The second-order valence-electron chi connectivity index (χ2n) is 0.355. The topological polar surface area (TPSA) is 0 Å². The molecular weight excluding hydrogens is 198 g/mol. The minimum absolute atomic E-state index is 0. The van der Waals surface area contributed by atoms with Crippen molar-refractivity contribution in [2.75, 3.05) is 0 Å². The summed E-state index contributed by atoms with van der Waals surface area (Å²) in [6.07, 6.45) is -1.98. The van der Waals surface area contributed by atoms with Gasteiger partial charge in [0.15, 0.2) is 0 Å². The first kappa shape index (κ1) is 15.7. The molecule has 0 aliphatic heterocycles. The molecule has 0 rings (SSSR count). The van der Waals surface area contributed by atoms with Crippen LogP contribution in [0.4, 0.5) is 8.78 Å². The van der Waals surface area contributed by atoms with E-state index in [2.05, 4.69) is 11.6 Å². The smallest absolute Gasteiger partial charge is 0.290 e. The predicted molar refractivity (Wildman–Crippen MR) is 14.8 cm³/mol. The van der Waals surface area contributed by atoms with Crippen LogP contribution in [0.25, 0.3) is 0 Å². The molecule has 0 heterocycles. The maximum absolute atomic E-state index is 10.4. The van der Waals surface area contributed by atoms with Crippen LogP contribution in [0, 0.1) is 5.54 Å². The molecule has 5 heteroatoms. The second-order valence-corrected chi connectivity index (χ2v) is 0.544. The molecule has 0 saturated heterocycles. The van der Waals surface area contributed by atoms with E-state index in [1.165, 1.54) is 0 Å². The molecule has 0 N–H and O–H groups in total. The molecule has 0 spiro atoms. The first-order valence-electron chi connectivity index (χ1n) is 0.817. The molecule has 0 aromatic heterocycles. The molecule has 0 aromatic carbocycles. The summed E-state index contributed by atoms with van der Waals surface area (Å²) >= 11 is 4.30. The van der Waals surface area contributed by atoms with Gasteiger partial charge in [-0.1, -0.05) is 11.6 Å². The maximum Gasteiger partial charge on any atom is 0.290 e. The van der Waals surface area contributed by atoms with Gasteiger partial charge in [-0.25, -0.2) is 0 Å². The Kier molecular flexibility index (Phi) is 22.2. The van der Waals surface area contributed by atoms with Crippen molar-refractivity contribution in [1.29, 1.82) is 0 Å². The largest absolute Gasteiger partial charge is 1.00 e. The Labute approximate surface area is 64.1 Å². The fourth-order valence-corrected chi connectivity index (χ4v) is 0. The molecule has 0 unspecified atom stereocenters. The number of halogens is 4. The summed E-state index contributed by atoms with van der Waals surface area (Å²) in [5.74, 6) is 0. The molecule has 0 aliphatic carbocycles. The van der Waals surface area contributed by atoms with E-state index < -0.39 is 6.08 Å². The molecule has 7 heavy (non-hydrogen) atoms. The normalized spacial score (nSPS) is 5.00. The number of rotatable bonds is 0. The molecule has 1 radical (unpaired) electrons. The van der Waals surface area contributed by atoms with Crippen LogP contribution in [0.1, 0.15) is 0 Å². The predicted octanol–water partition coefficient (Wildman–Crippen LogP) is -1.23. The fraction of sp³-hybridized carbons (Fsp3) is 0. The number of hydrogen-bond acceptors (Lipinski definition) is 0. The summed E-state index contributed by atoms with van der Waals surface area (Å²) in [7, 11) is 0. The summed E-state index contributed by atoms with van der Waals surface area (Å²) in [5.41, 5.74) is 1.08. The second kappa shape index (κ2) is 9.93. The van der Waals surface area contributed by atoms with Gasteiger partial charge in [0, 0.05) is 19.5 Å². The van der Waals surface area contributed by atoms with Crippen molar-refractivity contribution < 1.29 is 40.7 Å². The molecule has 0 aromatic rings. The average molecular weight is 198 g/mol. The quantitative estimate of drug-likeness (QED) is 0.428. The monoisotopic (exact) mass is 196 g/mol. The molecular formula is C2Cl2F2Zn-. The van der Waals surface area contributed by atoms with Gasteiger partial charge < -0.3 is 12.4 Å². The molecule has 0 aliphatic rings. The summed E-state index contributed by atoms with van der Waals surface area (Å²) < 4.78 is 20.9. The maximum atomic E-state index is 10.4. The Bertz CT molecular complexity index is 51.7. The first-order chi connectivity index (χ1) is 2.27. The van der Waals surface area contributed by atoms with E-state index in [1.54, 1.807) is 0 Å². The van der Waals surface area contributed by atoms with Crippen molar-refractivity contribution in [3.63, 3.8) is 0 Å². The van der Waals surface area contributed by atoms with Gasteiger partial charge >= 0.3 is 0 Å². The zero-order valence-corrected chi connectivity index (χ0v) is 7.70. The Morgan fingerprint density at radius 1 is 1.43 bits per heavy atom. The van der Waals surface area contributed by atoms with Crippen LogP contribution in [-0.4, -0.2) is 0 Å². The van der Waals surface area contributed by atoms with Crippen LogP contribution >= 0.6 is 11.6 Å². The molecule has 0 amide bonds. The van der Waals surface area contributed by atoms with Crippen LogP contribution in [-0.2, 0) is 19.5 Å². The molecule has 0 fully saturated rings. The van der Waals surface area contributed by atoms with Gasteiger partial charge in [-0.05, 0) is 0 Å². The van der Waals surface area contributed by atoms with Crippen molar-refractivity contribution in [2.45, 2.75) is 0 Å². The summed E-state index contributed by atoms with van der Waals surface area (Å²) in [6.45, 7) is 0. The Morgan fingerprint density at radius 3 is 1.57 bits per heavy atom. The van der Waals surface area contributed by atoms with Crippen molar-refractivity contribution in [1.82, 2.24) is 0 Å². The van der Waals surface area contributed by atoms with Gasteiger partial charge in [0.25, 0.3) is 6.08 Å². The molecule has 0 atom stereocenters. The Hall–Kier alpha value is 0.803. The van der Waals surface area contributed by atoms with Crippen LogP contribution in [0.5, 0.6) is 0 Å². The van der Waals surface area contributed by atoms with Crippen LogP contribution in [0.2, 0.25) is 0 Å². The van der Waals surface area contributed by atoms with Crippen LogP contribution in [0.3, 0.4) is 0 Å². The van der Waals surface area contributed by atoms with Gasteiger partial charge in [-0.3, -0.25) is 0 Å². The van der Waals surface area contributed by atoms with E-state index >= 15 is 0 Å². The molecule has 0 nitrogen and oxygen atoms in total. The van der Waals surface area contributed by atoms with E-state index in [9.17, 15) is 8.78 Å². The van der Waals surface area contributed by atoms with E-state index in [1.807, 2.05) is 0 Å². The van der Waals surface area contributed by atoms with Gasteiger partial charge in [0.2, 0.25) is 0 Å². The van der Waals surface area contributed by atoms with Gasteiger partial charge in [0.1, 0.15) is 5.54 Å². The average Bonchev–Trinajstić information content (AvgIpc) is 1.38. The minimum Gasteiger partial charge on any atom is -1.00 e. The van der Waals surface area contributed by atoms with Gasteiger partial charge in [-0.2, -0.15) is 8.78 Å². The van der Waals surface area contributed by atoms with Crippen molar-refractivity contribution in [2.24, 2.45) is 0 Å². The standard InChI is InChI=1S/C2ClF2.ClH.Zn/c3-1-2(4)5;;/h;1H;/p-1. The zero-order chi connectivity index (χ0) is 4.28. The van der Waals surface area contributed by atoms with Gasteiger partial charge in [-0.15, -0.1) is 0 Å². The van der Waals surface area contributed by atoms with Crippen LogP contribution in [0.15, 0.2) is 6.08 Å². The SMILES string of the molecule is FC(F)=[C]Cl.[Cl-].[Zn]. The third-order valence-corrected chi connectivity index (χ3v) is 0.214. The fourth-order valence-electron chi connectivity index (χ4n) is 0. The Morgan fingerprint density at radius 2 is 1.57 bits per heavy atom.